The molecule has 2 heterocycles. The van der Waals surface area contributed by atoms with Gasteiger partial charge in [-0.25, -0.2) is 0 Å². The van der Waals surface area contributed by atoms with Crippen LogP contribution in [0.4, 0.5) is 5.69 Å². The van der Waals surface area contributed by atoms with Crippen LogP contribution in [0.5, 0.6) is 0 Å². The maximum absolute atomic E-state index is 13.0. The molecule has 3 rings (SSSR count). The van der Waals surface area contributed by atoms with Gasteiger partial charge in [0.05, 0.1) is 13.2 Å². The van der Waals surface area contributed by atoms with Crippen molar-refractivity contribution < 1.29 is 14.3 Å². The summed E-state index contributed by atoms with van der Waals surface area (Å²) in [6.07, 6.45) is 1.51. The van der Waals surface area contributed by atoms with Gasteiger partial charge < -0.3 is 15.0 Å². The fourth-order valence-corrected chi connectivity index (χ4v) is 3.33. The van der Waals surface area contributed by atoms with Crippen molar-refractivity contribution in [1.82, 2.24) is 15.2 Å². The van der Waals surface area contributed by atoms with Gasteiger partial charge in [-0.3, -0.25) is 19.5 Å². The molecule has 1 aliphatic rings. The molecule has 1 aromatic heterocycles. The zero-order valence-electron chi connectivity index (χ0n) is 17.1. The summed E-state index contributed by atoms with van der Waals surface area (Å²) in [5, 5.41) is 2.89. The number of pyridine rings is 1. The SMILES string of the molecule is CCN(C(=O)c1ccnc(C(=O)NCCN2CCOCC2)c1)c1cccc(C)c1. The normalized spacial score (nSPS) is 14.4. The molecule has 1 N–H and O–H groups in total. The summed E-state index contributed by atoms with van der Waals surface area (Å²) in [6.45, 7) is 8.98. The molecule has 1 fully saturated rings. The van der Waals surface area contributed by atoms with Crippen molar-refractivity contribution in [2.45, 2.75) is 13.8 Å². The number of benzene rings is 1. The molecule has 0 spiro atoms. The fraction of sp³-hybridized carbons (Fsp3) is 0.409. The zero-order valence-corrected chi connectivity index (χ0v) is 17.1. The van der Waals surface area contributed by atoms with Gasteiger partial charge in [0.15, 0.2) is 0 Å². The van der Waals surface area contributed by atoms with Crippen LogP contribution in [0.1, 0.15) is 33.3 Å². The van der Waals surface area contributed by atoms with E-state index in [9.17, 15) is 9.59 Å². The van der Waals surface area contributed by atoms with Crippen LogP contribution in [0.15, 0.2) is 42.6 Å². The molecule has 2 aromatic rings. The molecule has 29 heavy (non-hydrogen) atoms. The van der Waals surface area contributed by atoms with E-state index in [2.05, 4.69) is 15.2 Å². The number of hydrogen-bond donors (Lipinski definition) is 1. The highest BCUT2D eigenvalue weighted by molar-refractivity contribution is 6.07. The molecule has 0 atom stereocenters. The van der Waals surface area contributed by atoms with E-state index in [1.807, 2.05) is 38.1 Å². The molecule has 1 aliphatic heterocycles. The molecule has 1 saturated heterocycles. The van der Waals surface area contributed by atoms with E-state index < -0.39 is 0 Å². The molecule has 0 saturated carbocycles. The molecule has 0 bridgehead atoms. The Morgan fingerprint density at radius 1 is 1.21 bits per heavy atom. The number of hydrogen-bond acceptors (Lipinski definition) is 5. The summed E-state index contributed by atoms with van der Waals surface area (Å²) < 4.78 is 5.32. The van der Waals surface area contributed by atoms with Crippen LogP contribution in [-0.2, 0) is 4.74 Å². The zero-order chi connectivity index (χ0) is 20.6. The van der Waals surface area contributed by atoms with Crippen LogP contribution < -0.4 is 10.2 Å². The third kappa shape index (κ3) is 5.62. The van der Waals surface area contributed by atoms with Crippen LogP contribution in [0.2, 0.25) is 0 Å². The number of morpholine rings is 1. The van der Waals surface area contributed by atoms with Crippen LogP contribution in [0.25, 0.3) is 0 Å². The second-order valence-electron chi connectivity index (χ2n) is 7.03. The molecule has 0 aliphatic carbocycles. The highest BCUT2D eigenvalue weighted by Gasteiger charge is 2.18. The van der Waals surface area contributed by atoms with E-state index in [1.54, 1.807) is 17.0 Å². The lowest BCUT2D eigenvalue weighted by Gasteiger charge is -2.26. The predicted octanol–water partition coefficient (Wildman–Crippen LogP) is 2.12. The number of carbonyl (C=O) groups is 2. The van der Waals surface area contributed by atoms with E-state index >= 15 is 0 Å². The number of aromatic nitrogens is 1. The largest absolute Gasteiger partial charge is 0.379 e. The van der Waals surface area contributed by atoms with Gasteiger partial charge >= 0.3 is 0 Å². The van der Waals surface area contributed by atoms with E-state index in [-0.39, 0.29) is 17.5 Å². The summed E-state index contributed by atoms with van der Waals surface area (Å²) in [4.78, 5) is 33.6. The standard InChI is InChI=1S/C22H28N4O3/c1-3-26(19-6-4-5-17(2)15-19)22(28)18-7-8-23-20(16-18)21(27)24-9-10-25-11-13-29-14-12-25/h4-8,15-16H,3,9-14H2,1-2H3,(H,24,27). The first-order valence-corrected chi connectivity index (χ1v) is 10.0. The maximum atomic E-state index is 13.0. The molecule has 7 nitrogen and oxygen atoms in total. The number of nitrogens with one attached hydrogen (secondary N) is 1. The lowest BCUT2D eigenvalue weighted by Crippen LogP contribution is -2.41. The molecule has 1 aromatic carbocycles. The summed E-state index contributed by atoms with van der Waals surface area (Å²) in [7, 11) is 0. The smallest absolute Gasteiger partial charge is 0.269 e. The third-order valence-corrected chi connectivity index (χ3v) is 4.93. The highest BCUT2D eigenvalue weighted by atomic mass is 16.5. The van der Waals surface area contributed by atoms with Gasteiger partial charge in [0.2, 0.25) is 0 Å². The minimum absolute atomic E-state index is 0.150. The molecule has 2 amide bonds. The van der Waals surface area contributed by atoms with Crippen molar-refractivity contribution in [2.75, 3.05) is 50.8 Å². The Morgan fingerprint density at radius 3 is 2.72 bits per heavy atom. The predicted molar refractivity (Wildman–Crippen MR) is 112 cm³/mol. The average molecular weight is 396 g/mol. The van der Waals surface area contributed by atoms with Gasteiger partial charge in [-0.1, -0.05) is 12.1 Å². The van der Waals surface area contributed by atoms with Gasteiger partial charge in [-0.2, -0.15) is 0 Å². The van der Waals surface area contributed by atoms with Crippen molar-refractivity contribution in [3.8, 4) is 0 Å². The Hall–Kier alpha value is -2.77. The maximum Gasteiger partial charge on any atom is 0.269 e. The van der Waals surface area contributed by atoms with E-state index in [0.29, 0.717) is 18.7 Å². The Bertz CT molecular complexity index is 849. The van der Waals surface area contributed by atoms with Crippen molar-refractivity contribution in [2.24, 2.45) is 0 Å². The lowest BCUT2D eigenvalue weighted by molar-refractivity contribution is 0.0383. The van der Waals surface area contributed by atoms with Gasteiger partial charge in [-0.15, -0.1) is 0 Å². The van der Waals surface area contributed by atoms with Gasteiger partial charge in [0.1, 0.15) is 5.69 Å². The van der Waals surface area contributed by atoms with Gasteiger partial charge in [0.25, 0.3) is 11.8 Å². The Balaban J connectivity index is 1.64. The number of ether oxygens (including phenoxy) is 1. The summed E-state index contributed by atoms with van der Waals surface area (Å²) in [5.41, 5.74) is 2.62. The van der Waals surface area contributed by atoms with Crippen LogP contribution in [0.3, 0.4) is 0 Å². The summed E-state index contributed by atoms with van der Waals surface area (Å²) in [5.74, 6) is -0.422. The molecular formula is C22H28N4O3. The average Bonchev–Trinajstić information content (AvgIpc) is 2.75. The number of amides is 2. The van der Waals surface area contributed by atoms with Crippen molar-refractivity contribution in [3.63, 3.8) is 0 Å². The Morgan fingerprint density at radius 2 is 2.00 bits per heavy atom. The van der Waals surface area contributed by atoms with E-state index in [1.165, 1.54) is 6.20 Å². The monoisotopic (exact) mass is 396 g/mol. The highest BCUT2D eigenvalue weighted by Crippen LogP contribution is 2.18. The number of anilines is 1. The minimum Gasteiger partial charge on any atom is -0.379 e. The quantitative estimate of drug-likeness (QED) is 0.776. The van der Waals surface area contributed by atoms with Crippen LogP contribution in [0, 0.1) is 6.92 Å². The minimum atomic E-state index is -0.272. The van der Waals surface area contributed by atoms with Crippen molar-refractivity contribution >= 4 is 17.5 Å². The van der Waals surface area contributed by atoms with Crippen LogP contribution >= 0.6 is 0 Å². The first kappa shape index (κ1) is 21.0. The molecular weight excluding hydrogens is 368 g/mol. The summed E-state index contributed by atoms with van der Waals surface area (Å²) >= 11 is 0. The van der Waals surface area contributed by atoms with Crippen LogP contribution in [-0.4, -0.2) is 67.6 Å². The topological polar surface area (TPSA) is 74.8 Å². The van der Waals surface area contributed by atoms with Gasteiger partial charge in [-0.05, 0) is 43.7 Å². The molecule has 154 valence electrons. The molecule has 7 heteroatoms. The Kier molecular flexibility index (Phi) is 7.32. The van der Waals surface area contributed by atoms with Gasteiger partial charge in [0, 0.05) is 50.2 Å². The number of nitrogens with zero attached hydrogens (tertiary/aromatic N) is 3. The lowest BCUT2D eigenvalue weighted by atomic mass is 10.1. The summed E-state index contributed by atoms with van der Waals surface area (Å²) in [6, 6.07) is 11.0. The van der Waals surface area contributed by atoms with Crippen molar-refractivity contribution in [1.29, 1.82) is 0 Å². The molecule has 0 radical (unpaired) electrons. The third-order valence-electron chi connectivity index (χ3n) is 4.93. The second-order valence-corrected chi connectivity index (χ2v) is 7.03. The fourth-order valence-electron chi connectivity index (χ4n) is 3.33. The second kappa shape index (κ2) is 10.1. The number of aryl methyl sites for hydroxylation is 1. The van der Waals surface area contributed by atoms with E-state index in [4.69, 9.17) is 4.74 Å². The van der Waals surface area contributed by atoms with E-state index in [0.717, 1.165) is 44.1 Å². The first-order chi connectivity index (χ1) is 14.1. The van der Waals surface area contributed by atoms with Crippen molar-refractivity contribution in [3.05, 3.63) is 59.4 Å². The number of carbonyl (C=O) groups excluding carboxylic acids is 2. The first-order valence-electron chi connectivity index (χ1n) is 10.0. The molecule has 0 unspecified atom stereocenters. The number of rotatable bonds is 7. The Labute approximate surface area is 171 Å².